The first-order chi connectivity index (χ1) is 8.20. The van der Waals surface area contributed by atoms with E-state index >= 15 is 0 Å². The molecular formula is C12H9BrFNO2. The number of pyridine rings is 1. The van der Waals surface area contributed by atoms with Crippen molar-refractivity contribution >= 4 is 15.9 Å². The Morgan fingerprint density at radius 3 is 2.76 bits per heavy atom. The number of rotatable bonds is 3. The van der Waals surface area contributed by atoms with Crippen LogP contribution in [0.15, 0.2) is 41.0 Å². The Morgan fingerprint density at radius 1 is 1.29 bits per heavy atom. The van der Waals surface area contributed by atoms with Crippen molar-refractivity contribution in [2.45, 2.75) is 0 Å². The number of aromatic nitrogens is 1. The average molecular weight is 298 g/mol. The van der Waals surface area contributed by atoms with Gasteiger partial charge in [0.2, 0.25) is 5.88 Å². The molecule has 0 unspecified atom stereocenters. The van der Waals surface area contributed by atoms with Crippen LogP contribution in [0, 0.1) is 5.82 Å². The summed E-state index contributed by atoms with van der Waals surface area (Å²) in [7, 11) is 1.48. The normalized spacial score (nSPS) is 10.1. The highest BCUT2D eigenvalue weighted by Gasteiger charge is 2.09. The van der Waals surface area contributed by atoms with Crippen LogP contribution in [0.5, 0.6) is 17.4 Å². The van der Waals surface area contributed by atoms with Gasteiger partial charge in [-0.2, -0.15) is 0 Å². The standard InChI is InChI=1S/C12H9BrFNO2/c1-16-8-4-5-11(10(14)7-8)17-12-9(13)3-2-6-15-12/h2-7H,1H3. The maximum absolute atomic E-state index is 13.6. The lowest BCUT2D eigenvalue weighted by Crippen LogP contribution is -1.92. The molecule has 0 saturated carbocycles. The van der Waals surface area contributed by atoms with Crippen molar-refractivity contribution in [1.82, 2.24) is 4.98 Å². The maximum Gasteiger partial charge on any atom is 0.233 e. The number of hydrogen-bond acceptors (Lipinski definition) is 3. The zero-order valence-electron chi connectivity index (χ0n) is 8.98. The summed E-state index contributed by atoms with van der Waals surface area (Å²) >= 11 is 3.27. The van der Waals surface area contributed by atoms with Crippen LogP contribution in [-0.2, 0) is 0 Å². The molecular weight excluding hydrogens is 289 g/mol. The summed E-state index contributed by atoms with van der Waals surface area (Å²) in [6, 6.07) is 7.89. The molecule has 2 rings (SSSR count). The lowest BCUT2D eigenvalue weighted by molar-refractivity contribution is 0.398. The van der Waals surface area contributed by atoms with Gasteiger partial charge in [0.25, 0.3) is 0 Å². The third kappa shape index (κ3) is 2.74. The predicted octanol–water partition coefficient (Wildman–Crippen LogP) is 3.78. The molecule has 0 amide bonds. The highest BCUT2D eigenvalue weighted by molar-refractivity contribution is 9.10. The third-order valence-corrected chi connectivity index (χ3v) is 2.67. The molecule has 5 heteroatoms. The van der Waals surface area contributed by atoms with E-state index in [4.69, 9.17) is 9.47 Å². The molecule has 1 heterocycles. The van der Waals surface area contributed by atoms with Crippen LogP contribution in [-0.4, -0.2) is 12.1 Å². The van der Waals surface area contributed by atoms with Crippen LogP contribution in [0.1, 0.15) is 0 Å². The molecule has 0 atom stereocenters. The molecule has 0 spiro atoms. The summed E-state index contributed by atoms with van der Waals surface area (Å²) in [5.41, 5.74) is 0. The average Bonchev–Trinajstić information content (AvgIpc) is 2.34. The second kappa shape index (κ2) is 5.14. The van der Waals surface area contributed by atoms with Crippen LogP contribution in [0.25, 0.3) is 0 Å². The summed E-state index contributed by atoms with van der Waals surface area (Å²) < 4.78 is 24.5. The molecule has 0 N–H and O–H groups in total. The van der Waals surface area contributed by atoms with Gasteiger partial charge in [-0.1, -0.05) is 0 Å². The highest BCUT2D eigenvalue weighted by atomic mass is 79.9. The van der Waals surface area contributed by atoms with E-state index in [-0.39, 0.29) is 5.75 Å². The SMILES string of the molecule is COc1ccc(Oc2ncccc2Br)c(F)c1. The van der Waals surface area contributed by atoms with Crippen LogP contribution >= 0.6 is 15.9 Å². The Hall–Kier alpha value is -1.62. The molecule has 88 valence electrons. The minimum atomic E-state index is -0.498. The quantitative estimate of drug-likeness (QED) is 0.864. The Morgan fingerprint density at radius 2 is 2.12 bits per heavy atom. The van der Waals surface area contributed by atoms with Gasteiger partial charge in [-0.15, -0.1) is 0 Å². The molecule has 0 aliphatic heterocycles. The molecule has 0 bridgehead atoms. The van der Waals surface area contributed by atoms with Crippen LogP contribution in [0.3, 0.4) is 0 Å². The fraction of sp³-hybridized carbons (Fsp3) is 0.0833. The lowest BCUT2D eigenvalue weighted by Gasteiger charge is -2.08. The van der Waals surface area contributed by atoms with Crippen molar-refractivity contribution in [3.05, 3.63) is 46.8 Å². The van der Waals surface area contributed by atoms with Crippen molar-refractivity contribution < 1.29 is 13.9 Å². The van der Waals surface area contributed by atoms with E-state index < -0.39 is 5.82 Å². The topological polar surface area (TPSA) is 31.4 Å². The van der Waals surface area contributed by atoms with Gasteiger partial charge in [-0.3, -0.25) is 0 Å². The maximum atomic E-state index is 13.6. The van der Waals surface area contributed by atoms with Crippen LogP contribution < -0.4 is 9.47 Å². The number of benzene rings is 1. The van der Waals surface area contributed by atoms with Crippen molar-refractivity contribution in [3.63, 3.8) is 0 Å². The summed E-state index contributed by atoms with van der Waals surface area (Å²) in [6.45, 7) is 0. The number of halogens is 2. The zero-order chi connectivity index (χ0) is 12.3. The molecule has 0 saturated heterocycles. The van der Waals surface area contributed by atoms with Gasteiger partial charge in [-0.05, 0) is 40.2 Å². The van der Waals surface area contributed by atoms with Gasteiger partial charge >= 0.3 is 0 Å². The van der Waals surface area contributed by atoms with E-state index in [1.54, 1.807) is 24.4 Å². The van der Waals surface area contributed by atoms with Gasteiger partial charge in [0, 0.05) is 12.3 Å². The zero-order valence-corrected chi connectivity index (χ0v) is 10.6. The van der Waals surface area contributed by atoms with E-state index in [9.17, 15) is 4.39 Å². The Bertz CT molecular complexity index is 534. The van der Waals surface area contributed by atoms with Gasteiger partial charge in [0.15, 0.2) is 11.6 Å². The fourth-order valence-corrected chi connectivity index (χ4v) is 1.58. The summed E-state index contributed by atoms with van der Waals surface area (Å²) in [4.78, 5) is 3.99. The fourth-order valence-electron chi connectivity index (χ4n) is 1.24. The molecule has 0 aliphatic carbocycles. The summed E-state index contributed by atoms with van der Waals surface area (Å²) in [5.74, 6) is 0.360. The van der Waals surface area contributed by atoms with E-state index in [0.717, 1.165) is 0 Å². The van der Waals surface area contributed by atoms with Gasteiger partial charge < -0.3 is 9.47 Å². The Labute approximate surface area is 106 Å². The Kier molecular flexibility index (Phi) is 3.58. The smallest absolute Gasteiger partial charge is 0.233 e. The van der Waals surface area contributed by atoms with Crippen molar-refractivity contribution in [2.75, 3.05) is 7.11 Å². The molecule has 0 fully saturated rings. The summed E-state index contributed by atoms with van der Waals surface area (Å²) in [6.07, 6.45) is 1.57. The first kappa shape index (κ1) is 11.9. The largest absolute Gasteiger partial charge is 0.497 e. The number of methoxy groups -OCH3 is 1. The van der Waals surface area contributed by atoms with E-state index in [0.29, 0.717) is 16.1 Å². The van der Waals surface area contributed by atoms with Gasteiger partial charge in [0.05, 0.1) is 11.6 Å². The minimum Gasteiger partial charge on any atom is -0.497 e. The molecule has 0 radical (unpaired) electrons. The molecule has 2 aromatic rings. The second-order valence-corrected chi connectivity index (χ2v) is 4.04. The monoisotopic (exact) mass is 297 g/mol. The van der Waals surface area contributed by atoms with Crippen LogP contribution in [0.2, 0.25) is 0 Å². The molecule has 17 heavy (non-hydrogen) atoms. The number of ether oxygens (including phenoxy) is 2. The van der Waals surface area contributed by atoms with E-state index in [1.807, 2.05) is 0 Å². The molecule has 0 aliphatic rings. The molecule has 3 nitrogen and oxygen atoms in total. The predicted molar refractivity (Wildman–Crippen MR) is 65.0 cm³/mol. The van der Waals surface area contributed by atoms with Gasteiger partial charge in [0.1, 0.15) is 5.75 Å². The number of nitrogens with zero attached hydrogens (tertiary/aromatic N) is 1. The van der Waals surface area contributed by atoms with Crippen molar-refractivity contribution in [3.8, 4) is 17.4 Å². The van der Waals surface area contributed by atoms with E-state index in [1.165, 1.54) is 19.2 Å². The first-order valence-corrected chi connectivity index (χ1v) is 5.62. The third-order valence-electron chi connectivity index (χ3n) is 2.07. The Balaban J connectivity index is 2.28. The summed E-state index contributed by atoms with van der Waals surface area (Å²) in [5, 5.41) is 0. The van der Waals surface area contributed by atoms with Gasteiger partial charge in [-0.25, -0.2) is 9.37 Å². The minimum absolute atomic E-state index is 0.102. The molecule has 1 aromatic heterocycles. The van der Waals surface area contributed by atoms with Crippen molar-refractivity contribution in [1.29, 1.82) is 0 Å². The van der Waals surface area contributed by atoms with Crippen LogP contribution in [0.4, 0.5) is 4.39 Å². The first-order valence-electron chi connectivity index (χ1n) is 4.82. The highest BCUT2D eigenvalue weighted by Crippen LogP contribution is 2.30. The number of hydrogen-bond donors (Lipinski definition) is 0. The van der Waals surface area contributed by atoms with E-state index in [2.05, 4.69) is 20.9 Å². The second-order valence-electron chi connectivity index (χ2n) is 3.19. The lowest BCUT2D eigenvalue weighted by atomic mass is 10.3. The van der Waals surface area contributed by atoms with Crippen molar-refractivity contribution in [2.24, 2.45) is 0 Å². The molecule has 1 aromatic carbocycles.